The minimum atomic E-state index is -0.428. The van der Waals surface area contributed by atoms with Gasteiger partial charge in [-0.2, -0.15) is 0 Å². The summed E-state index contributed by atoms with van der Waals surface area (Å²) in [5.41, 5.74) is 2.66. The van der Waals surface area contributed by atoms with Gasteiger partial charge in [-0.1, -0.05) is 47.6 Å². The molecule has 3 rings (SSSR count). The van der Waals surface area contributed by atoms with Crippen molar-refractivity contribution < 1.29 is 14.4 Å². The molecule has 2 aromatic rings. The molecule has 1 heterocycles. The first kappa shape index (κ1) is 13.4. The molecule has 0 saturated carbocycles. The van der Waals surface area contributed by atoms with Gasteiger partial charge in [0.25, 0.3) is 0 Å². The molecule has 0 spiro atoms. The van der Waals surface area contributed by atoms with Crippen molar-refractivity contribution >= 4 is 11.7 Å². The summed E-state index contributed by atoms with van der Waals surface area (Å²) in [5, 5.41) is 3.99. The second-order valence-electron chi connectivity index (χ2n) is 4.84. The monoisotopic (exact) mass is 281 g/mol. The predicted octanol–water partition coefficient (Wildman–Crippen LogP) is 3.48. The average molecular weight is 281 g/mol. The Morgan fingerprint density at radius 2 is 1.86 bits per heavy atom. The van der Waals surface area contributed by atoms with Crippen molar-refractivity contribution in [2.75, 3.05) is 0 Å². The minimum Gasteiger partial charge on any atom is -0.485 e. The molecule has 0 saturated heterocycles. The normalized spacial score (nSPS) is 18.7. The minimum absolute atomic E-state index is 0.129. The lowest BCUT2D eigenvalue weighted by atomic mass is 9.96. The summed E-state index contributed by atoms with van der Waals surface area (Å²) in [7, 11) is 0. The van der Waals surface area contributed by atoms with Gasteiger partial charge in [-0.3, -0.25) is 0 Å². The van der Waals surface area contributed by atoms with Gasteiger partial charge in [0.2, 0.25) is 0 Å². The molecule has 0 amide bonds. The quantitative estimate of drug-likeness (QED) is 0.625. The smallest absolute Gasteiger partial charge is 0.331 e. The third-order valence-corrected chi connectivity index (χ3v) is 3.30. The van der Waals surface area contributed by atoms with E-state index >= 15 is 0 Å². The van der Waals surface area contributed by atoms with Crippen LogP contribution in [0.4, 0.5) is 0 Å². The van der Waals surface area contributed by atoms with E-state index in [9.17, 15) is 4.79 Å². The number of nitrogens with zero attached hydrogens (tertiary/aromatic N) is 1. The Morgan fingerprint density at radius 1 is 1.14 bits per heavy atom. The fourth-order valence-corrected chi connectivity index (χ4v) is 2.35. The molecule has 1 aliphatic rings. The Morgan fingerprint density at radius 3 is 2.62 bits per heavy atom. The summed E-state index contributed by atoms with van der Waals surface area (Å²) < 4.78 is 6.03. The van der Waals surface area contributed by atoms with E-state index in [1.54, 1.807) is 0 Å². The number of ether oxygens (including phenoxy) is 1. The number of oxime groups is 1. The molecule has 0 radical (unpaired) electrons. The highest BCUT2D eigenvalue weighted by Crippen LogP contribution is 2.35. The number of benzene rings is 2. The summed E-state index contributed by atoms with van der Waals surface area (Å²) in [6, 6.07) is 17.6. The number of rotatable bonds is 2. The number of hydrogen-bond donors (Lipinski definition) is 0. The third-order valence-electron chi connectivity index (χ3n) is 3.30. The van der Waals surface area contributed by atoms with Crippen LogP contribution in [0.2, 0.25) is 0 Å². The van der Waals surface area contributed by atoms with Crippen LogP contribution < -0.4 is 4.74 Å². The Bertz CT molecular complexity index is 679. The molecule has 1 atom stereocenters. The average Bonchev–Trinajstić information content (AvgIpc) is 2.53. The van der Waals surface area contributed by atoms with E-state index in [4.69, 9.17) is 9.57 Å². The second kappa shape index (κ2) is 5.79. The van der Waals surface area contributed by atoms with E-state index in [1.165, 1.54) is 6.92 Å². The summed E-state index contributed by atoms with van der Waals surface area (Å²) in [4.78, 5) is 15.8. The molecule has 4 heteroatoms. The van der Waals surface area contributed by atoms with Crippen molar-refractivity contribution in [3.05, 3.63) is 65.7 Å². The zero-order valence-corrected chi connectivity index (χ0v) is 11.7. The molecule has 4 nitrogen and oxygen atoms in total. The summed E-state index contributed by atoms with van der Waals surface area (Å²) in [5.74, 6) is 0.325. The number of hydrogen-bond acceptors (Lipinski definition) is 4. The van der Waals surface area contributed by atoms with E-state index in [-0.39, 0.29) is 6.10 Å². The summed E-state index contributed by atoms with van der Waals surface area (Å²) in [6.45, 7) is 1.34. The third kappa shape index (κ3) is 2.94. The van der Waals surface area contributed by atoms with Crippen molar-refractivity contribution in [3.63, 3.8) is 0 Å². The van der Waals surface area contributed by atoms with Crippen molar-refractivity contribution in [3.8, 4) is 5.75 Å². The van der Waals surface area contributed by atoms with Crippen LogP contribution in [0.25, 0.3) is 0 Å². The van der Waals surface area contributed by atoms with Crippen LogP contribution in [-0.2, 0) is 9.63 Å². The maximum absolute atomic E-state index is 11.0. The highest BCUT2D eigenvalue weighted by molar-refractivity contribution is 6.04. The maximum Gasteiger partial charge on any atom is 0.331 e. The lowest BCUT2D eigenvalue weighted by molar-refractivity contribution is -0.140. The van der Waals surface area contributed by atoms with Crippen LogP contribution in [0.5, 0.6) is 5.75 Å². The van der Waals surface area contributed by atoms with Crippen molar-refractivity contribution in [2.24, 2.45) is 5.16 Å². The van der Waals surface area contributed by atoms with Gasteiger partial charge in [0.05, 0.1) is 5.71 Å². The van der Waals surface area contributed by atoms with Crippen LogP contribution in [0.15, 0.2) is 59.8 Å². The van der Waals surface area contributed by atoms with Gasteiger partial charge < -0.3 is 9.57 Å². The highest BCUT2D eigenvalue weighted by atomic mass is 16.7. The van der Waals surface area contributed by atoms with Gasteiger partial charge in [-0.25, -0.2) is 4.79 Å². The number of carbonyl (C=O) groups excluding carboxylic acids is 1. The van der Waals surface area contributed by atoms with Crippen molar-refractivity contribution in [1.29, 1.82) is 0 Å². The molecule has 0 aromatic heterocycles. The molecule has 1 aliphatic heterocycles. The Hall–Kier alpha value is -2.62. The Balaban J connectivity index is 1.96. The van der Waals surface area contributed by atoms with Gasteiger partial charge in [-0.05, 0) is 17.7 Å². The molecular formula is C17H15NO3. The van der Waals surface area contributed by atoms with Crippen LogP contribution in [0.1, 0.15) is 30.6 Å². The molecule has 2 aromatic carbocycles. The number of carbonyl (C=O) groups is 1. The highest BCUT2D eigenvalue weighted by Gasteiger charge is 2.26. The van der Waals surface area contributed by atoms with Crippen LogP contribution in [0, 0.1) is 0 Å². The number of fused-ring (bicyclic) bond motifs is 1. The van der Waals surface area contributed by atoms with E-state index in [2.05, 4.69) is 5.16 Å². The van der Waals surface area contributed by atoms with Crippen molar-refractivity contribution in [1.82, 2.24) is 0 Å². The molecule has 1 unspecified atom stereocenters. The molecule has 0 fully saturated rings. The lowest BCUT2D eigenvalue weighted by Crippen LogP contribution is -2.21. The summed E-state index contributed by atoms with van der Waals surface area (Å²) >= 11 is 0. The van der Waals surface area contributed by atoms with E-state index in [1.807, 2.05) is 54.6 Å². The van der Waals surface area contributed by atoms with Crippen LogP contribution in [-0.4, -0.2) is 11.7 Å². The molecule has 0 N–H and O–H groups in total. The molecular weight excluding hydrogens is 266 g/mol. The van der Waals surface area contributed by atoms with Crippen LogP contribution >= 0.6 is 0 Å². The van der Waals surface area contributed by atoms with E-state index < -0.39 is 5.97 Å². The zero-order valence-electron chi connectivity index (χ0n) is 11.7. The van der Waals surface area contributed by atoms with E-state index in [0.717, 1.165) is 22.6 Å². The molecule has 21 heavy (non-hydrogen) atoms. The van der Waals surface area contributed by atoms with Crippen molar-refractivity contribution in [2.45, 2.75) is 19.4 Å². The lowest BCUT2D eigenvalue weighted by Gasteiger charge is -2.27. The first-order valence-corrected chi connectivity index (χ1v) is 6.79. The molecule has 0 bridgehead atoms. The topological polar surface area (TPSA) is 47.9 Å². The fraction of sp³-hybridized carbons (Fsp3) is 0.176. The SMILES string of the molecule is CC(=O)O/N=C1/CC(c2ccccc2)Oc2ccccc21. The van der Waals surface area contributed by atoms with Crippen LogP contribution in [0.3, 0.4) is 0 Å². The molecule has 0 aliphatic carbocycles. The van der Waals surface area contributed by atoms with Gasteiger partial charge >= 0.3 is 5.97 Å². The van der Waals surface area contributed by atoms with Gasteiger partial charge in [-0.15, -0.1) is 0 Å². The predicted molar refractivity (Wildman–Crippen MR) is 79.2 cm³/mol. The van der Waals surface area contributed by atoms with Gasteiger partial charge in [0.1, 0.15) is 11.9 Å². The first-order valence-electron chi connectivity index (χ1n) is 6.79. The van der Waals surface area contributed by atoms with E-state index in [0.29, 0.717) is 6.42 Å². The van der Waals surface area contributed by atoms with Gasteiger partial charge in [0, 0.05) is 18.9 Å². The summed E-state index contributed by atoms with van der Waals surface area (Å²) in [6.07, 6.45) is 0.435. The first-order chi connectivity index (χ1) is 10.2. The molecule has 106 valence electrons. The largest absolute Gasteiger partial charge is 0.485 e. The number of para-hydroxylation sites is 1. The fourth-order valence-electron chi connectivity index (χ4n) is 2.35. The second-order valence-corrected chi connectivity index (χ2v) is 4.84. The maximum atomic E-state index is 11.0. The van der Waals surface area contributed by atoms with Gasteiger partial charge in [0.15, 0.2) is 0 Å². The Kier molecular flexibility index (Phi) is 3.69. The Labute approximate surface area is 123 Å². The standard InChI is InChI=1S/C17H15NO3/c1-12(19)21-18-15-11-17(13-7-3-2-4-8-13)20-16-10-6-5-9-14(15)16/h2-10,17H,11H2,1H3/b18-15-. The zero-order chi connectivity index (χ0) is 14.7.